The van der Waals surface area contributed by atoms with E-state index in [2.05, 4.69) is 31.5 Å². The van der Waals surface area contributed by atoms with Crippen molar-refractivity contribution < 1.29 is 9.59 Å². The van der Waals surface area contributed by atoms with Crippen molar-refractivity contribution in [1.82, 2.24) is 10.3 Å². The molecule has 104 valence electrons. The number of hydrogen-bond donors (Lipinski definition) is 3. The van der Waals surface area contributed by atoms with Gasteiger partial charge in [-0.25, -0.2) is 0 Å². The number of benzene rings is 1. The van der Waals surface area contributed by atoms with Crippen LogP contribution in [0.3, 0.4) is 0 Å². The zero-order chi connectivity index (χ0) is 14.7. The summed E-state index contributed by atoms with van der Waals surface area (Å²) >= 11 is 9.19. The second kappa shape index (κ2) is 6.11. The minimum atomic E-state index is -0.311. The van der Waals surface area contributed by atoms with E-state index in [9.17, 15) is 9.59 Å². The first kappa shape index (κ1) is 14.6. The van der Waals surface area contributed by atoms with Crippen LogP contribution in [0.2, 0.25) is 5.02 Å². The molecule has 0 bridgehead atoms. The molecule has 2 amide bonds. The molecule has 5 nitrogen and oxygen atoms in total. The van der Waals surface area contributed by atoms with Gasteiger partial charge in [-0.2, -0.15) is 0 Å². The molecule has 3 N–H and O–H groups in total. The molecule has 0 saturated carbocycles. The SMILES string of the molecule is CNC(=O)c1cc(NC(=O)c2cc(Br)c[nH]2)ccc1Cl. The van der Waals surface area contributed by atoms with Gasteiger partial charge in [0.1, 0.15) is 5.69 Å². The van der Waals surface area contributed by atoms with Gasteiger partial charge in [0.15, 0.2) is 0 Å². The molecule has 0 radical (unpaired) electrons. The summed E-state index contributed by atoms with van der Waals surface area (Å²) in [6.45, 7) is 0. The average Bonchev–Trinajstić information content (AvgIpc) is 2.87. The number of anilines is 1. The molecule has 7 heteroatoms. The largest absolute Gasteiger partial charge is 0.356 e. The van der Waals surface area contributed by atoms with Crippen LogP contribution in [-0.4, -0.2) is 23.8 Å². The number of aromatic nitrogens is 1. The van der Waals surface area contributed by atoms with E-state index in [4.69, 9.17) is 11.6 Å². The number of carbonyl (C=O) groups is 2. The Morgan fingerprint density at radius 1 is 1.25 bits per heavy atom. The van der Waals surface area contributed by atoms with Gasteiger partial charge in [-0.15, -0.1) is 0 Å². The van der Waals surface area contributed by atoms with E-state index in [1.807, 2.05) is 0 Å². The molecule has 1 aromatic heterocycles. The van der Waals surface area contributed by atoms with Crippen molar-refractivity contribution in [1.29, 1.82) is 0 Å². The maximum absolute atomic E-state index is 12.0. The summed E-state index contributed by atoms with van der Waals surface area (Å²) < 4.78 is 0.782. The van der Waals surface area contributed by atoms with E-state index in [-0.39, 0.29) is 11.8 Å². The maximum Gasteiger partial charge on any atom is 0.272 e. The second-order valence-corrected chi connectivity index (χ2v) is 5.28. The predicted octanol–water partition coefficient (Wildman–Crippen LogP) is 3.04. The van der Waals surface area contributed by atoms with Gasteiger partial charge in [-0.05, 0) is 40.2 Å². The van der Waals surface area contributed by atoms with Crippen LogP contribution in [0.4, 0.5) is 5.69 Å². The van der Waals surface area contributed by atoms with E-state index >= 15 is 0 Å². The Labute approximate surface area is 128 Å². The van der Waals surface area contributed by atoms with Crippen molar-refractivity contribution in [3.8, 4) is 0 Å². The van der Waals surface area contributed by atoms with Crippen LogP contribution in [-0.2, 0) is 0 Å². The van der Waals surface area contributed by atoms with Crippen LogP contribution in [0, 0.1) is 0 Å². The highest BCUT2D eigenvalue weighted by Crippen LogP contribution is 2.21. The van der Waals surface area contributed by atoms with Crippen LogP contribution < -0.4 is 10.6 Å². The van der Waals surface area contributed by atoms with Gasteiger partial charge >= 0.3 is 0 Å². The zero-order valence-corrected chi connectivity index (χ0v) is 12.8. The molecule has 0 atom stereocenters. The number of rotatable bonds is 3. The summed E-state index contributed by atoms with van der Waals surface area (Å²) in [6, 6.07) is 6.37. The molecule has 2 aromatic rings. The van der Waals surface area contributed by atoms with Crippen LogP contribution >= 0.6 is 27.5 Å². The molecule has 0 aliphatic heterocycles. The van der Waals surface area contributed by atoms with Crippen molar-refractivity contribution in [2.75, 3.05) is 12.4 Å². The highest BCUT2D eigenvalue weighted by molar-refractivity contribution is 9.10. The number of H-pyrrole nitrogens is 1. The van der Waals surface area contributed by atoms with Crippen molar-refractivity contribution in [3.63, 3.8) is 0 Å². The highest BCUT2D eigenvalue weighted by Gasteiger charge is 2.12. The number of aromatic amines is 1. The fourth-order valence-electron chi connectivity index (χ4n) is 1.61. The lowest BCUT2D eigenvalue weighted by atomic mass is 10.2. The summed E-state index contributed by atoms with van der Waals surface area (Å²) in [5.41, 5.74) is 1.21. The van der Waals surface area contributed by atoms with Gasteiger partial charge in [0.2, 0.25) is 0 Å². The van der Waals surface area contributed by atoms with E-state index in [1.165, 1.54) is 13.1 Å². The molecule has 0 aliphatic rings. The summed E-state index contributed by atoms with van der Waals surface area (Å²) in [5, 5.41) is 5.50. The molecule has 1 aromatic carbocycles. The molecule has 0 unspecified atom stereocenters. The summed E-state index contributed by atoms with van der Waals surface area (Å²) in [6.07, 6.45) is 1.66. The van der Waals surface area contributed by atoms with Crippen LogP contribution in [0.25, 0.3) is 0 Å². The average molecular weight is 357 g/mol. The molecule has 0 fully saturated rings. The number of nitrogens with one attached hydrogen (secondary N) is 3. The third kappa shape index (κ3) is 3.20. The fraction of sp³-hybridized carbons (Fsp3) is 0.0769. The zero-order valence-electron chi connectivity index (χ0n) is 10.5. The fourth-order valence-corrected chi connectivity index (χ4v) is 2.16. The second-order valence-electron chi connectivity index (χ2n) is 3.96. The topological polar surface area (TPSA) is 74.0 Å². The van der Waals surface area contributed by atoms with Gasteiger partial charge in [0.25, 0.3) is 11.8 Å². The van der Waals surface area contributed by atoms with Gasteiger partial charge in [-0.3, -0.25) is 9.59 Å². The first-order valence-electron chi connectivity index (χ1n) is 5.68. The van der Waals surface area contributed by atoms with Gasteiger partial charge in [0, 0.05) is 23.4 Å². The van der Waals surface area contributed by atoms with Gasteiger partial charge in [0.05, 0.1) is 10.6 Å². The molecule has 2 rings (SSSR count). The number of halogens is 2. The van der Waals surface area contributed by atoms with Crippen molar-refractivity contribution >= 4 is 45.0 Å². The van der Waals surface area contributed by atoms with Crippen LogP contribution in [0.15, 0.2) is 34.9 Å². The molecular weight excluding hydrogens is 346 g/mol. The lowest BCUT2D eigenvalue weighted by Gasteiger charge is -2.07. The lowest BCUT2D eigenvalue weighted by molar-refractivity contribution is 0.0961. The van der Waals surface area contributed by atoms with E-state index in [0.717, 1.165) is 4.47 Å². The number of carbonyl (C=O) groups excluding carboxylic acids is 2. The number of hydrogen-bond acceptors (Lipinski definition) is 2. The Kier molecular flexibility index (Phi) is 4.46. The lowest BCUT2D eigenvalue weighted by Crippen LogP contribution is -2.19. The summed E-state index contributed by atoms with van der Waals surface area (Å²) in [5.74, 6) is -0.616. The first-order valence-corrected chi connectivity index (χ1v) is 6.85. The van der Waals surface area contributed by atoms with Crippen LogP contribution in [0.1, 0.15) is 20.8 Å². The Morgan fingerprint density at radius 3 is 2.60 bits per heavy atom. The van der Waals surface area contributed by atoms with Crippen molar-refractivity contribution in [2.45, 2.75) is 0 Å². The van der Waals surface area contributed by atoms with Gasteiger partial charge in [-0.1, -0.05) is 11.6 Å². The third-order valence-corrected chi connectivity index (χ3v) is 3.38. The normalized spacial score (nSPS) is 10.2. The van der Waals surface area contributed by atoms with E-state index in [0.29, 0.717) is 22.0 Å². The summed E-state index contributed by atoms with van der Waals surface area (Å²) in [7, 11) is 1.51. The van der Waals surface area contributed by atoms with Crippen molar-refractivity contribution in [3.05, 3.63) is 51.2 Å². The smallest absolute Gasteiger partial charge is 0.272 e. The monoisotopic (exact) mass is 355 g/mol. The minimum Gasteiger partial charge on any atom is -0.356 e. The minimum absolute atomic E-state index is 0.305. The summed E-state index contributed by atoms with van der Waals surface area (Å²) in [4.78, 5) is 26.4. The molecule has 1 heterocycles. The highest BCUT2D eigenvalue weighted by atomic mass is 79.9. The Balaban J connectivity index is 2.22. The Morgan fingerprint density at radius 2 is 2.00 bits per heavy atom. The predicted molar refractivity (Wildman–Crippen MR) is 81.3 cm³/mol. The van der Waals surface area contributed by atoms with Crippen molar-refractivity contribution in [2.24, 2.45) is 0 Å². The molecule has 20 heavy (non-hydrogen) atoms. The number of amides is 2. The van der Waals surface area contributed by atoms with E-state index in [1.54, 1.807) is 24.4 Å². The van der Waals surface area contributed by atoms with Gasteiger partial charge < -0.3 is 15.6 Å². The maximum atomic E-state index is 12.0. The molecular formula is C13H11BrClN3O2. The van der Waals surface area contributed by atoms with E-state index < -0.39 is 0 Å². The first-order chi connectivity index (χ1) is 9.51. The van der Waals surface area contributed by atoms with Crippen LogP contribution in [0.5, 0.6) is 0 Å². The molecule has 0 spiro atoms. The third-order valence-electron chi connectivity index (χ3n) is 2.59. The Bertz CT molecular complexity index is 669. The standard InChI is InChI=1S/C13H11BrClN3O2/c1-16-12(19)9-5-8(2-3-10(9)15)18-13(20)11-4-7(14)6-17-11/h2-6,17H,1H3,(H,16,19)(H,18,20). The Hall–Kier alpha value is -1.79. The molecule has 0 saturated heterocycles. The molecule has 0 aliphatic carbocycles. The quantitative estimate of drug-likeness (QED) is 0.791.